The van der Waals surface area contributed by atoms with E-state index >= 15 is 0 Å². The van der Waals surface area contributed by atoms with Gasteiger partial charge in [0.1, 0.15) is 5.82 Å². The van der Waals surface area contributed by atoms with Crippen molar-refractivity contribution in [2.24, 2.45) is 0 Å². The fourth-order valence-electron chi connectivity index (χ4n) is 1.35. The summed E-state index contributed by atoms with van der Waals surface area (Å²) in [5.41, 5.74) is 0.569. The molecule has 1 heterocycles. The average Bonchev–Trinajstić information content (AvgIpc) is 2.48. The van der Waals surface area contributed by atoms with Crippen LogP contribution < -0.4 is 5.32 Å². The van der Waals surface area contributed by atoms with Crippen molar-refractivity contribution in [1.29, 1.82) is 0 Å². The van der Waals surface area contributed by atoms with Crippen LogP contribution in [0.3, 0.4) is 0 Å². The molecule has 0 atom stereocenters. The van der Waals surface area contributed by atoms with Gasteiger partial charge in [-0.1, -0.05) is 12.1 Å². The molecule has 1 aromatic carbocycles. The Kier molecular flexibility index (Phi) is 2.40. The number of amides is 4. The molecule has 0 bridgehead atoms. The van der Waals surface area contributed by atoms with Crippen LogP contribution in [0.15, 0.2) is 24.3 Å². The molecule has 6 heteroatoms. The van der Waals surface area contributed by atoms with E-state index in [9.17, 15) is 18.8 Å². The third-order valence-electron chi connectivity index (χ3n) is 2.16. The first-order valence-electron chi connectivity index (χ1n) is 4.49. The summed E-state index contributed by atoms with van der Waals surface area (Å²) < 4.78 is 12.6. The Bertz CT molecular complexity index is 469. The number of hydrogen-bond donors (Lipinski definition) is 1. The number of hydrogen-bond acceptors (Lipinski definition) is 3. The summed E-state index contributed by atoms with van der Waals surface area (Å²) in [5, 5.41) is 1.87. The molecule has 1 fully saturated rings. The van der Waals surface area contributed by atoms with E-state index in [1.54, 1.807) is 0 Å². The van der Waals surface area contributed by atoms with Crippen LogP contribution in [-0.4, -0.2) is 22.7 Å². The number of urea groups is 1. The van der Waals surface area contributed by atoms with Gasteiger partial charge in [-0.05, 0) is 17.7 Å². The number of benzene rings is 1. The van der Waals surface area contributed by atoms with Crippen LogP contribution in [0.2, 0.25) is 0 Å². The van der Waals surface area contributed by atoms with E-state index in [4.69, 9.17) is 0 Å². The Morgan fingerprint density at radius 3 is 2.25 bits per heavy atom. The molecule has 5 nitrogen and oxygen atoms in total. The maximum atomic E-state index is 12.6. The Hall–Kier alpha value is -2.24. The second kappa shape index (κ2) is 3.73. The molecule has 0 aliphatic carbocycles. The van der Waals surface area contributed by atoms with Crippen molar-refractivity contribution in [3.05, 3.63) is 35.6 Å². The third-order valence-corrected chi connectivity index (χ3v) is 2.16. The first-order chi connectivity index (χ1) is 7.58. The highest BCUT2D eigenvalue weighted by Crippen LogP contribution is 2.09. The molecule has 0 aromatic heterocycles. The lowest BCUT2D eigenvalue weighted by Gasteiger charge is -2.10. The lowest BCUT2D eigenvalue weighted by atomic mass is 10.2. The van der Waals surface area contributed by atoms with Crippen LogP contribution in [0.1, 0.15) is 5.56 Å². The predicted octanol–water partition coefficient (Wildman–Crippen LogP) is 0.404. The zero-order valence-electron chi connectivity index (χ0n) is 8.07. The number of imide groups is 2. The Balaban J connectivity index is 2.16. The second-order valence-corrected chi connectivity index (χ2v) is 3.28. The minimum atomic E-state index is -0.938. The molecule has 1 saturated heterocycles. The van der Waals surface area contributed by atoms with Crippen molar-refractivity contribution >= 4 is 17.8 Å². The minimum absolute atomic E-state index is 0.0450. The van der Waals surface area contributed by atoms with Crippen LogP contribution in [0, 0.1) is 5.82 Å². The van der Waals surface area contributed by atoms with Gasteiger partial charge in [-0.2, -0.15) is 0 Å². The number of halogens is 1. The molecule has 0 unspecified atom stereocenters. The van der Waals surface area contributed by atoms with Crippen LogP contribution in [0.5, 0.6) is 0 Å². The molecule has 1 aliphatic rings. The molecule has 2 rings (SSSR count). The number of carbonyl (C=O) groups excluding carboxylic acids is 3. The number of carbonyl (C=O) groups is 3. The third kappa shape index (κ3) is 1.77. The lowest BCUT2D eigenvalue weighted by molar-refractivity contribution is -0.140. The van der Waals surface area contributed by atoms with Gasteiger partial charge in [0.05, 0.1) is 6.54 Å². The largest absolute Gasteiger partial charge is 0.331 e. The van der Waals surface area contributed by atoms with E-state index in [2.05, 4.69) is 0 Å². The van der Waals surface area contributed by atoms with Gasteiger partial charge in [0.15, 0.2) is 0 Å². The molecule has 16 heavy (non-hydrogen) atoms. The van der Waals surface area contributed by atoms with E-state index in [1.165, 1.54) is 24.3 Å². The summed E-state index contributed by atoms with van der Waals surface area (Å²) in [7, 11) is 0. The van der Waals surface area contributed by atoms with Crippen molar-refractivity contribution in [2.45, 2.75) is 6.54 Å². The molecule has 1 aromatic rings. The van der Waals surface area contributed by atoms with Gasteiger partial charge in [-0.15, -0.1) is 0 Å². The van der Waals surface area contributed by atoms with Gasteiger partial charge in [0.25, 0.3) is 0 Å². The highest BCUT2D eigenvalue weighted by molar-refractivity contribution is 6.44. The summed E-state index contributed by atoms with van der Waals surface area (Å²) in [4.78, 5) is 34.0. The van der Waals surface area contributed by atoms with Crippen molar-refractivity contribution in [2.75, 3.05) is 0 Å². The normalized spacial score (nSPS) is 15.6. The van der Waals surface area contributed by atoms with E-state index in [-0.39, 0.29) is 6.54 Å². The molecule has 0 radical (unpaired) electrons. The standard InChI is InChI=1S/C10H7FN2O3/c11-7-3-1-6(2-4-7)5-13-9(15)8(14)12-10(13)16/h1-4H,5H2,(H,12,14,16). The minimum Gasteiger partial charge on any atom is -0.269 e. The van der Waals surface area contributed by atoms with Crippen LogP contribution in [-0.2, 0) is 16.1 Å². The fraction of sp³-hybridized carbons (Fsp3) is 0.100. The summed E-state index contributed by atoms with van der Waals surface area (Å²) in [6, 6.07) is 4.57. The number of nitrogens with zero attached hydrogens (tertiary/aromatic N) is 1. The summed E-state index contributed by atoms with van der Waals surface area (Å²) >= 11 is 0. The maximum absolute atomic E-state index is 12.6. The smallest absolute Gasteiger partial charge is 0.269 e. The quantitative estimate of drug-likeness (QED) is 0.582. The van der Waals surface area contributed by atoms with E-state index in [0.717, 1.165) is 4.90 Å². The topological polar surface area (TPSA) is 66.5 Å². The van der Waals surface area contributed by atoms with Crippen molar-refractivity contribution in [3.8, 4) is 0 Å². The van der Waals surface area contributed by atoms with Crippen LogP contribution >= 0.6 is 0 Å². The molecular formula is C10H7FN2O3. The van der Waals surface area contributed by atoms with Crippen molar-refractivity contribution < 1.29 is 18.8 Å². The zero-order chi connectivity index (χ0) is 11.7. The molecule has 82 valence electrons. The van der Waals surface area contributed by atoms with E-state index in [0.29, 0.717) is 5.56 Å². The molecule has 1 N–H and O–H groups in total. The number of nitrogens with one attached hydrogen (secondary N) is 1. The molecule has 1 aliphatic heterocycles. The Morgan fingerprint density at radius 1 is 1.12 bits per heavy atom. The zero-order valence-corrected chi connectivity index (χ0v) is 8.07. The van der Waals surface area contributed by atoms with Gasteiger partial charge in [0.2, 0.25) is 0 Å². The summed E-state index contributed by atoms with van der Waals surface area (Å²) in [6.45, 7) is -0.0450. The highest BCUT2D eigenvalue weighted by Gasteiger charge is 2.36. The molecular weight excluding hydrogens is 215 g/mol. The van der Waals surface area contributed by atoms with Crippen LogP contribution in [0.4, 0.5) is 9.18 Å². The average molecular weight is 222 g/mol. The second-order valence-electron chi connectivity index (χ2n) is 3.28. The van der Waals surface area contributed by atoms with Crippen molar-refractivity contribution in [1.82, 2.24) is 10.2 Å². The highest BCUT2D eigenvalue weighted by atomic mass is 19.1. The Labute approximate surface area is 89.8 Å². The molecule has 4 amide bonds. The van der Waals surface area contributed by atoms with Gasteiger partial charge in [-0.3, -0.25) is 19.8 Å². The van der Waals surface area contributed by atoms with Crippen molar-refractivity contribution in [3.63, 3.8) is 0 Å². The van der Waals surface area contributed by atoms with Crippen LogP contribution in [0.25, 0.3) is 0 Å². The van der Waals surface area contributed by atoms with E-state index in [1.807, 2.05) is 5.32 Å². The van der Waals surface area contributed by atoms with Gasteiger partial charge in [-0.25, -0.2) is 9.18 Å². The lowest BCUT2D eigenvalue weighted by Crippen LogP contribution is -2.30. The SMILES string of the molecule is O=C1NC(=O)N(Cc2ccc(F)cc2)C1=O. The van der Waals surface area contributed by atoms with Gasteiger partial charge >= 0.3 is 17.8 Å². The number of rotatable bonds is 2. The summed E-state index contributed by atoms with van der Waals surface area (Å²) in [5.74, 6) is -2.24. The van der Waals surface area contributed by atoms with Gasteiger partial charge in [0, 0.05) is 0 Å². The first-order valence-corrected chi connectivity index (χ1v) is 4.49. The van der Waals surface area contributed by atoms with Gasteiger partial charge < -0.3 is 0 Å². The first kappa shape index (κ1) is 10.3. The monoisotopic (exact) mass is 222 g/mol. The fourth-order valence-corrected chi connectivity index (χ4v) is 1.35. The van der Waals surface area contributed by atoms with E-state index < -0.39 is 23.7 Å². The predicted molar refractivity (Wildman–Crippen MR) is 50.5 cm³/mol. The molecule has 0 spiro atoms. The Morgan fingerprint density at radius 2 is 1.75 bits per heavy atom. The maximum Gasteiger partial charge on any atom is 0.331 e. The summed E-state index contributed by atoms with van der Waals surface area (Å²) in [6.07, 6.45) is 0. The molecule has 0 saturated carbocycles.